The molecule has 0 atom stereocenters. The van der Waals surface area contributed by atoms with Crippen LogP contribution in [0, 0.1) is 5.82 Å². The molecule has 9 heteroatoms. The Morgan fingerprint density at radius 1 is 1.22 bits per heavy atom. The van der Waals surface area contributed by atoms with Crippen LogP contribution < -0.4 is 11.1 Å². The Morgan fingerprint density at radius 2 is 2.04 bits per heavy atom. The van der Waals surface area contributed by atoms with E-state index in [9.17, 15) is 4.39 Å². The summed E-state index contributed by atoms with van der Waals surface area (Å²) >= 11 is 1.56. The van der Waals surface area contributed by atoms with Gasteiger partial charge in [-0.1, -0.05) is 6.07 Å². The van der Waals surface area contributed by atoms with Gasteiger partial charge >= 0.3 is 0 Å². The third-order valence-electron chi connectivity index (χ3n) is 3.98. The van der Waals surface area contributed by atoms with Gasteiger partial charge in [0.1, 0.15) is 11.6 Å². The number of hydrogen-bond acceptors (Lipinski definition) is 7. The van der Waals surface area contributed by atoms with Crippen LogP contribution in [0.1, 0.15) is 0 Å². The minimum absolute atomic E-state index is 0.322. The molecule has 0 saturated carbocycles. The van der Waals surface area contributed by atoms with E-state index in [0.29, 0.717) is 47.3 Å². The third-order valence-corrected chi connectivity index (χ3v) is 4.86. The van der Waals surface area contributed by atoms with Crippen LogP contribution in [-0.4, -0.2) is 40.0 Å². The van der Waals surface area contributed by atoms with Crippen molar-refractivity contribution >= 4 is 34.1 Å². The monoisotopic (exact) mass is 384 g/mol. The van der Waals surface area contributed by atoms with E-state index in [2.05, 4.69) is 20.4 Å². The van der Waals surface area contributed by atoms with Crippen molar-refractivity contribution in [3.8, 4) is 16.3 Å². The molecule has 3 heterocycles. The minimum atomic E-state index is -0.322. The molecular formula is C18H17FN6OS. The van der Waals surface area contributed by atoms with Crippen LogP contribution >= 0.6 is 11.3 Å². The molecule has 1 aromatic carbocycles. The number of nitrogens with zero attached hydrogens (tertiary/aromatic N) is 4. The number of halogens is 1. The van der Waals surface area contributed by atoms with Gasteiger partial charge in [-0.15, -0.1) is 16.4 Å². The maximum atomic E-state index is 13.3. The number of thiophene rings is 1. The van der Waals surface area contributed by atoms with Gasteiger partial charge in [-0.3, -0.25) is 0 Å². The topological polar surface area (TPSA) is 90.9 Å². The fourth-order valence-electron chi connectivity index (χ4n) is 2.73. The number of nitrogens with two attached hydrogens (primary N) is 1. The molecule has 7 nitrogen and oxygen atoms in total. The molecule has 0 aliphatic carbocycles. The molecule has 0 aliphatic rings. The molecular weight excluding hydrogens is 367 g/mol. The van der Waals surface area contributed by atoms with Gasteiger partial charge in [0, 0.05) is 13.7 Å². The number of rotatable bonds is 6. The van der Waals surface area contributed by atoms with Crippen molar-refractivity contribution in [3.63, 3.8) is 0 Å². The van der Waals surface area contributed by atoms with E-state index < -0.39 is 0 Å². The highest BCUT2D eigenvalue weighted by molar-refractivity contribution is 7.13. The zero-order valence-corrected chi connectivity index (χ0v) is 15.3. The number of benzene rings is 1. The second-order valence-corrected chi connectivity index (χ2v) is 6.71. The van der Waals surface area contributed by atoms with E-state index in [1.807, 2.05) is 17.5 Å². The summed E-state index contributed by atoms with van der Waals surface area (Å²) in [4.78, 5) is 10.1. The van der Waals surface area contributed by atoms with Crippen molar-refractivity contribution in [1.82, 2.24) is 19.7 Å². The van der Waals surface area contributed by atoms with Crippen molar-refractivity contribution in [2.45, 2.75) is 0 Å². The van der Waals surface area contributed by atoms with Crippen LogP contribution in [-0.2, 0) is 4.74 Å². The van der Waals surface area contributed by atoms with E-state index in [-0.39, 0.29) is 5.82 Å². The first-order valence-corrected chi connectivity index (χ1v) is 9.14. The SMILES string of the molecule is COCCNc1nc(-c2cccs2)c2c(N)n(-c3ccc(F)cc3)nc2n1. The summed E-state index contributed by atoms with van der Waals surface area (Å²) < 4.78 is 19.9. The van der Waals surface area contributed by atoms with Crippen LogP contribution in [0.3, 0.4) is 0 Å². The Bertz CT molecular complexity index is 1060. The Hall–Kier alpha value is -3.04. The van der Waals surface area contributed by atoms with Gasteiger partial charge in [0.05, 0.1) is 28.3 Å². The summed E-state index contributed by atoms with van der Waals surface area (Å²) in [6.45, 7) is 1.10. The van der Waals surface area contributed by atoms with E-state index in [4.69, 9.17) is 10.5 Å². The highest BCUT2D eigenvalue weighted by Gasteiger charge is 2.19. The molecule has 4 rings (SSSR count). The largest absolute Gasteiger partial charge is 0.383 e. The summed E-state index contributed by atoms with van der Waals surface area (Å²) in [5.41, 5.74) is 8.21. The smallest absolute Gasteiger partial charge is 0.225 e. The Labute approximate surface area is 158 Å². The number of nitrogens with one attached hydrogen (secondary N) is 1. The number of anilines is 2. The van der Waals surface area contributed by atoms with E-state index in [1.165, 1.54) is 12.1 Å². The maximum Gasteiger partial charge on any atom is 0.225 e. The van der Waals surface area contributed by atoms with Gasteiger partial charge < -0.3 is 15.8 Å². The second-order valence-electron chi connectivity index (χ2n) is 5.76. The number of hydrogen-bond donors (Lipinski definition) is 2. The Balaban J connectivity index is 1.88. The highest BCUT2D eigenvalue weighted by Crippen LogP contribution is 2.34. The predicted molar refractivity (Wildman–Crippen MR) is 105 cm³/mol. The molecule has 0 fully saturated rings. The van der Waals surface area contributed by atoms with Gasteiger partial charge in [0.25, 0.3) is 0 Å². The predicted octanol–water partition coefficient (Wildman–Crippen LogP) is 3.32. The third kappa shape index (κ3) is 3.34. The second kappa shape index (κ2) is 7.29. The summed E-state index contributed by atoms with van der Waals surface area (Å²) in [5.74, 6) is 0.535. The number of ether oxygens (including phenoxy) is 1. The summed E-state index contributed by atoms with van der Waals surface area (Å²) in [6.07, 6.45) is 0. The molecule has 27 heavy (non-hydrogen) atoms. The molecule has 3 aromatic heterocycles. The standard InChI is InChI=1S/C18H17FN6OS/c1-26-9-8-21-18-22-15(13-3-2-10-27-13)14-16(20)25(24-17(14)23-18)12-6-4-11(19)5-7-12/h2-7,10H,8-9,20H2,1H3,(H,21,23,24). The number of nitrogen functional groups attached to an aromatic ring is 1. The van der Waals surface area contributed by atoms with E-state index in [0.717, 1.165) is 4.88 Å². The zero-order valence-electron chi connectivity index (χ0n) is 14.5. The molecule has 3 N–H and O–H groups in total. The lowest BCUT2D eigenvalue weighted by atomic mass is 10.2. The fourth-order valence-corrected chi connectivity index (χ4v) is 3.45. The normalized spacial score (nSPS) is 11.2. The quantitative estimate of drug-likeness (QED) is 0.496. The molecule has 138 valence electrons. The zero-order chi connectivity index (χ0) is 18.8. The van der Waals surface area contributed by atoms with Crippen molar-refractivity contribution in [2.75, 3.05) is 31.3 Å². The molecule has 0 amide bonds. The first kappa shape index (κ1) is 17.4. The lowest BCUT2D eigenvalue weighted by molar-refractivity contribution is 0.210. The summed E-state index contributed by atoms with van der Waals surface area (Å²) in [5, 5.41) is 10.3. The molecule has 0 unspecified atom stereocenters. The summed E-state index contributed by atoms with van der Waals surface area (Å²) in [7, 11) is 1.63. The van der Waals surface area contributed by atoms with Gasteiger partial charge in [0.15, 0.2) is 5.65 Å². The van der Waals surface area contributed by atoms with Crippen LogP contribution in [0.2, 0.25) is 0 Å². The molecule has 0 saturated heterocycles. The van der Waals surface area contributed by atoms with E-state index >= 15 is 0 Å². The fraction of sp³-hybridized carbons (Fsp3) is 0.167. The first-order chi connectivity index (χ1) is 13.2. The van der Waals surface area contributed by atoms with E-state index in [1.54, 1.807) is 35.3 Å². The van der Waals surface area contributed by atoms with Gasteiger partial charge in [-0.05, 0) is 35.7 Å². The maximum absolute atomic E-state index is 13.3. The lowest BCUT2D eigenvalue weighted by Crippen LogP contribution is -2.10. The molecule has 0 spiro atoms. The van der Waals surface area contributed by atoms with Crippen molar-refractivity contribution in [3.05, 3.63) is 47.6 Å². The molecule has 0 bridgehead atoms. The number of aromatic nitrogens is 4. The van der Waals surface area contributed by atoms with Crippen molar-refractivity contribution < 1.29 is 9.13 Å². The van der Waals surface area contributed by atoms with Crippen LogP contribution in [0.25, 0.3) is 27.3 Å². The molecule has 0 radical (unpaired) electrons. The molecule has 0 aliphatic heterocycles. The van der Waals surface area contributed by atoms with Gasteiger partial charge in [0.2, 0.25) is 5.95 Å². The number of fused-ring (bicyclic) bond motifs is 1. The summed E-state index contributed by atoms with van der Waals surface area (Å²) in [6, 6.07) is 9.89. The average molecular weight is 384 g/mol. The highest BCUT2D eigenvalue weighted by atomic mass is 32.1. The van der Waals surface area contributed by atoms with Crippen LogP contribution in [0.5, 0.6) is 0 Å². The van der Waals surface area contributed by atoms with Crippen molar-refractivity contribution in [1.29, 1.82) is 0 Å². The Kier molecular flexibility index (Phi) is 4.69. The lowest BCUT2D eigenvalue weighted by Gasteiger charge is -2.07. The van der Waals surface area contributed by atoms with Crippen LogP contribution in [0.4, 0.5) is 16.2 Å². The Morgan fingerprint density at radius 3 is 2.74 bits per heavy atom. The van der Waals surface area contributed by atoms with Gasteiger partial charge in [-0.2, -0.15) is 4.98 Å². The van der Waals surface area contributed by atoms with Crippen molar-refractivity contribution in [2.24, 2.45) is 0 Å². The molecule has 4 aromatic rings. The first-order valence-electron chi connectivity index (χ1n) is 8.26. The average Bonchev–Trinajstić information content (AvgIpc) is 3.31. The number of methoxy groups -OCH3 is 1. The van der Waals surface area contributed by atoms with Crippen LogP contribution in [0.15, 0.2) is 41.8 Å². The van der Waals surface area contributed by atoms with Gasteiger partial charge in [-0.25, -0.2) is 14.1 Å². The minimum Gasteiger partial charge on any atom is -0.383 e.